The highest BCUT2D eigenvalue weighted by atomic mass is 19.1. The number of nitrogens with one attached hydrogen (secondary N) is 2. The summed E-state index contributed by atoms with van der Waals surface area (Å²) < 4.78 is 19.1. The van der Waals surface area contributed by atoms with Gasteiger partial charge < -0.3 is 19.6 Å². The van der Waals surface area contributed by atoms with Gasteiger partial charge in [0, 0.05) is 44.4 Å². The molecular formula is C23H23FN6O2. The predicted molar refractivity (Wildman–Crippen MR) is 120 cm³/mol. The lowest BCUT2D eigenvalue weighted by Crippen LogP contribution is -2.47. The van der Waals surface area contributed by atoms with Crippen LogP contribution in [-0.4, -0.2) is 51.0 Å². The number of aromatic amines is 2. The number of H-pyrrole nitrogens is 2. The summed E-state index contributed by atoms with van der Waals surface area (Å²) >= 11 is 0. The molecule has 1 aliphatic heterocycles. The zero-order valence-electron chi connectivity index (χ0n) is 17.6. The minimum Gasteiger partial charge on any atom is -0.439 e. The maximum absolute atomic E-state index is 13.2. The van der Waals surface area contributed by atoms with Gasteiger partial charge in [0.2, 0.25) is 5.88 Å². The van der Waals surface area contributed by atoms with Crippen LogP contribution in [0.3, 0.4) is 0 Å². The molecule has 32 heavy (non-hydrogen) atoms. The number of piperazine rings is 1. The fraction of sp³-hybridized carbons (Fsp3) is 0.261. The Morgan fingerprint density at radius 3 is 2.50 bits per heavy atom. The molecule has 9 heteroatoms. The van der Waals surface area contributed by atoms with E-state index in [1.54, 1.807) is 18.2 Å². The van der Waals surface area contributed by atoms with E-state index in [2.05, 4.69) is 36.7 Å². The Morgan fingerprint density at radius 2 is 1.72 bits per heavy atom. The van der Waals surface area contributed by atoms with Gasteiger partial charge in [0.05, 0.1) is 11.0 Å². The van der Waals surface area contributed by atoms with Gasteiger partial charge in [-0.2, -0.15) is 0 Å². The molecule has 1 unspecified atom stereocenters. The number of imidazole rings is 1. The summed E-state index contributed by atoms with van der Waals surface area (Å²) in [5.41, 5.74) is 2.25. The second-order valence-electron chi connectivity index (χ2n) is 7.85. The summed E-state index contributed by atoms with van der Waals surface area (Å²) in [4.78, 5) is 30.1. The van der Waals surface area contributed by atoms with Crippen molar-refractivity contribution in [3.63, 3.8) is 0 Å². The molecule has 1 saturated heterocycles. The number of hydrogen-bond acceptors (Lipinski definition) is 6. The van der Waals surface area contributed by atoms with Gasteiger partial charge in [-0.25, -0.2) is 19.2 Å². The molecule has 0 bridgehead atoms. The summed E-state index contributed by atoms with van der Waals surface area (Å²) in [6, 6.07) is 14.1. The van der Waals surface area contributed by atoms with E-state index in [0.29, 0.717) is 17.1 Å². The van der Waals surface area contributed by atoms with Crippen molar-refractivity contribution in [1.82, 2.24) is 24.8 Å². The van der Waals surface area contributed by atoms with Crippen molar-refractivity contribution in [3.05, 3.63) is 76.7 Å². The van der Waals surface area contributed by atoms with E-state index in [-0.39, 0.29) is 17.5 Å². The highest BCUT2D eigenvalue weighted by molar-refractivity contribution is 5.76. The Bertz CT molecular complexity index is 1280. The van der Waals surface area contributed by atoms with Crippen molar-refractivity contribution in [3.8, 4) is 11.6 Å². The van der Waals surface area contributed by atoms with Gasteiger partial charge in [0.1, 0.15) is 23.7 Å². The molecule has 2 aromatic carbocycles. The van der Waals surface area contributed by atoms with Gasteiger partial charge in [-0.05, 0) is 36.8 Å². The van der Waals surface area contributed by atoms with Gasteiger partial charge in [0.15, 0.2) is 0 Å². The van der Waals surface area contributed by atoms with Crippen LogP contribution in [0, 0.1) is 5.82 Å². The Balaban J connectivity index is 1.24. The molecule has 1 aliphatic rings. The Kier molecular flexibility index (Phi) is 5.32. The highest BCUT2D eigenvalue weighted by Gasteiger charge is 2.23. The number of aromatic nitrogens is 4. The van der Waals surface area contributed by atoms with Crippen LogP contribution in [0.4, 0.5) is 10.2 Å². The van der Waals surface area contributed by atoms with Gasteiger partial charge in [-0.1, -0.05) is 12.1 Å². The van der Waals surface area contributed by atoms with Crippen molar-refractivity contribution in [1.29, 1.82) is 0 Å². The maximum atomic E-state index is 13.2. The van der Waals surface area contributed by atoms with Crippen LogP contribution in [0.15, 0.2) is 59.7 Å². The van der Waals surface area contributed by atoms with Crippen LogP contribution in [0.5, 0.6) is 11.6 Å². The number of anilines is 1. The summed E-state index contributed by atoms with van der Waals surface area (Å²) in [6.07, 6.45) is 1.49. The quantitative estimate of drug-likeness (QED) is 0.500. The van der Waals surface area contributed by atoms with Crippen molar-refractivity contribution in [2.24, 2.45) is 0 Å². The first kappa shape index (κ1) is 20.2. The topological polar surface area (TPSA) is 90.1 Å². The normalized spacial score (nSPS) is 15.8. The lowest BCUT2D eigenvalue weighted by Gasteiger charge is -2.38. The molecule has 0 radical (unpaired) electrons. The lowest BCUT2D eigenvalue weighted by atomic mass is 10.1. The molecule has 1 atom stereocenters. The molecule has 2 aromatic heterocycles. The number of nitrogens with zero attached hydrogens (tertiary/aromatic N) is 4. The van der Waals surface area contributed by atoms with Crippen LogP contribution in [0.1, 0.15) is 18.5 Å². The molecule has 2 N–H and O–H groups in total. The van der Waals surface area contributed by atoms with Crippen LogP contribution in [0.2, 0.25) is 0 Å². The first-order valence-electron chi connectivity index (χ1n) is 10.5. The average Bonchev–Trinajstić information content (AvgIpc) is 3.19. The fourth-order valence-electron chi connectivity index (χ4n) is 4.04. The van der Waals surface area contributed by atoms with Crippen molar-refractivity contribution >= 4 is 16.9 Å². The number of fused-ring (bicyclic) bond motifs is 1. The Labute approximate surface area is 183 Å². The number of halogens is 1. The van der Waals surface area contributed by atoms with Gasteiger partial charge in [-0.3, -0.25) is 4.90 Å². The number of benzene rings is 2. The smallest absolute Gasteiger partial charge is 0.323 e. The zero-order chi connectivity index (χ0) is 22.1. The van der Waals surface area contributed by atoms with E-state index in [0.717, 1.165) is 43.1 Å². The molecule has 8 nitrogen and oxygen atoms in total. The SMILES string of the molecule is CC(c1ccc(F)cc1)N1CCN(c2cc(Oc3ccc4[nH]c(=O)[nH]c4c3)ncn2)CC1. The second kappa shape index (κ2) is 8.43. The van der Waals surface area contributed by atoms with Crippen LogP contribution < -0.4 is 15.3 Å². The first-order chi connectivity index (χ1) is 15.5. The Hall–Kier alpha value is -3.72. The van der Waals surface area contributed by atoms with E-state index in [1.807, 2.05) is 18.2 Å². The van der Waals surface area contributed by atoms with Gasteiger partial charge in [-0.15, -0.1) is 0 Å². The number of rotatable bonds is 5. The van der Waals surface area contributed by atoms with Gasteiger partial charge in [0.25, 0.3) is 0 Å². The summed E-state index contributed by atoms with van der Waals surface area (Å²) in [5, 5.41) is 0. The van der Waals surface area contributed by atoms with E-state index in [1.165, 1.54) is 18.5 Å². The highest BCUT2D eigenvalue weighted by Crippen LogP contribution is 2.26. The van der Waals surface area contributed by atoms with E-state index in [4.69, 9.17) is 4.74 Å². The van der Waals surface area contributed by atoms with Crippen LogP contribution in [-0.2, 0) is 0 Å². The summed E-state index contributed by atoms with van der Waals surface area (Å²) in [6.45, 7) is 5.53. The minimum absolute atomic E-state index is 0.214. The molecular weight excluding hydrogens is 411 g/mol. The molecule has 5 rings (SSSR count). The van der Waals surface area contributed by atoms with Crippen molar-refractivity contribution in [2.75, 3.05) is 31.1 Å². The third-order valence-electron chi connectivity index (χ3n) is 5.88. The van der Waals surface area contributed by atoms with E-state index >= 15 is 0 Å². The van der Waals surface area contributed by atoms with Gasteiger partial charge >= 0.3 is 5.69 Å². The fourth-order valence-corrected chi connectivity index (χ4v) is 4.04. The third-order valence-corrected chi connectivity index (χ3v) is 5.88. The first-order valence-corrected chi connectivity index (χ1v) is 10.5. The predicted octanol–water partition coefficient (Wildman–Crippen LogP) is 3.46. The van der Waals surface area contributed by atoms with Crippen molar-refractivity contribution < 1.29 is 9.13 Å². The second-order valence-corrected chi connectivity index (χ2v) is 7.85. The summed E-state index contributed by atoms with van der Waals surface area (Å²) in [7, 11) is 0. The van der Waals surface area contributed by atoms with E-state index in [9.17, 15) is 9.18 Å². The largest absolute Gasteiger partial charge is 0.439 e. The molecule has 164 valence electrons. The molecule has 0 amide bonds. The monoisotopic (exact) mass is 434 g/mol. The standard InChI is InChI=1S/C23H23FN6O2/c1-15(16-2-4-17(24)5-3-16)29-8-10-30(11-9-29)21-13-22(26-14-25-21)32-18-6-7-19-20(12-18)28-23(31)27-19/h2-7,12-15H,8-11H2,1H3,(H2,27,28,31). The minimum atomic E-state index is -0.255. The zero-order valence-corrected chi connectivity index (χ0v) is 17.6. The van der Waals surface area contributed by atoms with Crippen LogP contribution >= 0.6 is 0 Å². The molecule has 0 saturated carbocycles. The van der Waals surface area contributed by atoms with Crippen molar-refractivity contribution in [2.45, 2.75) is 13.0 Å². The Morgan fingerprint density at radius 1 is 0.969 bits per heavy atom. The summed E-state index contributed by atoms with van der Waals surface area (Å²) in [5.74, 6) is 1.61. The molecule has 1 fully saturated rings. The number of hydrogen-bond donors (Lipinski definition) is 2. The van der Waals surface area contributed by atoms with E-state index < -0.39 is 0 Å². The average molecular weight is 434 g/mol. The number of ether oxygens (including phenoxy) is 1. The maximum Gasteiger partial charge on any atom is 0.323 e. The lowest BCUT2D eigenvalue weighted by molar-refractivity contribution is 0.198. The molecule has 3 heterocycles. The van der Waals surface area contributed by atoms with Crippen LogP contribution in [0.25, 0.3) is 11.0 Å². The molecule has 0 spiro atoms. The molecule has 4 aromatic rings. The molecule has 0 aliphatic carbocycles. The third kappa shape index (κ3) is 4.19.